The van der Waals surface area contributed by atoms with E-state index in [1.54, 1.807) is 0 Å². The number of nitrogens with zero attached hydrogens (tertiary/aromatic N) is 1. The third-order valence-electron chi connectivity index (χ3n) is 3.84. The summed E-state index contributed by atoms with van der Waals surface area (Å²) in [5.41, 5.74) is 0.637. The van der Waals surface area contributed by atoms with Crippen molar-refractivity contribution in [1.29, 1.82) is 0 Å². The lowest BCUT2D eigenvalue weighted by atomic mass is 10.0. The average Bonchev–Trinajstić information content (AvgIpc) is 2.51. The van der Waals surface area contributed by atoms with E-state index in [0.717, 1.165) is 44.7 Å². The van der Waals surface area contributed by atoms with Gasteiger partial charge in [0, 0.05) is 32.7 Å². The molecule has 1 amide bonds. The molecular weight excluding hydrogens is 290 g/mol. The van der Waals surface area contributed by atoms with Gasteiger partial charge in [0.05, 0.1) is 6.04 Å². The van der Waals surface area contributed by atoms with E-state index in [1.165, 1.54) is 0 Å². The molecule has 23 heavy (non-hydrogen) atoms. The molecule has 0 aliphatic carbocycles. The molecule has 1 aromatic carbocycles. The zero-order valence-corrected chi connectivity index (χ0v) is 14.5. The monoisotopic (exact) mass is 319 g/mol. The Morgan fingerprint density at radius 3 is 2.52 bits per heavy atom. The number of ether oxygens (including phenoxy) is 1. The number of hydrogen-bond donors (Lipinski definition) is 2. The number of alkyl carbamates (subject to hydrolysis) is 1. The van der Waals surface area contributed by atoms with Crippen LogP contribution in [0.2, 0.25) is 0 Å². The summed E-state index contributed by atoms with van der Waals surface area (Å²) in [6.07, 6.45) is 0.523. The molecule has 0 saturated carbocycles. The zero-order valence-electron chi connectivity index (χ0n) is 14.5. The molecule has 1 aromatic rings. The van der Waals surface area contributed by atoms with E-state index in [4.69, 9.17) is 4.74 Å². The quantitative estimate of drug-likeness (QED) is 0.876. The predicted molar refractivity (Wildman–Crippen MR) is 92.5 cm³/mol. The highest BCUT2D eigenvalue weighted by Crippen LogP contribution is 2.18. The van der Waals surface area contributed by atoms with E-state index in [9.17, 15) is 4.79 Å². The van der Waals surface area contributed by atoms with Crippen LogP contribution in [0, 0.1) is 0 Å². The molecule has 5 heteroatoms. The largest absolute Gasteiger partial charge is 0.444 e. The fraction of sp³-hybridized carbons (Fsp3) is 0.611. The van der Waals surface area contributed by atoms with E-state index in [1.807, 2.05) is 39.0 Å². The number of hydrogen-bond acceptors (Lipinski definition) is 4. The van der Waals surface area contributed by atoms with Gasteiger partial charge in [-0.25, -0.2) is 4.79 Å². The van der Waals surface area contributed by atoms with Gasteiger partial charge in [0.1, 0.15) is 5.60 Å². The second-order valence-electron chi connectivity index (χ2n) is 6.99. The van der Waals surface area contributed by atoms with Gasteiger partial charge >= 0.3 is 6.09 Å². The van der Waals surface area contributed by atoms with Crippen molar-refractivity contribution in [3.63, 3.8) is 0 Å². The van der Waals surface area contributed by atoms with Crippen molar-refractivity contribution in [2.75, 3.05) is 32.7 Å². The molecular formula is C18H29N3O2. The van der Waals surface area contributed by atoms with Crippen LogP contribution in [-0.4, -0.2) is 49.3 Å². The van der Waals surface area contributed by atoms with E-state index in [2.05, 4.69) is 27.7 Å². The topological polar surface area (TPSA) is 53.6 Å². The molecule has 1 aliphatic rings. The van der Waals surface area contributed by atoms with Crippen molar-refractivity contribution in [3.8, 4) is 0 Å². The zero-order chi connectivity index (χ0) is 16.7. The highest BCUT2D eigenvalue weighted by Gasteiger charge is 2.21. The van der Waals surface area contributed by atoms with E-state index in [-0.39, 0.29) is 12.1 Å². The lowest BCUT2D eigenvalue weighted by Crippen LogP contribution is -2.44. The van der Waals surface area contributed by atoms with E-state index in [0.29, 0.717) is 0 Å². The molecule has 1 saturated heterocycles. The van der Waals surface area contributed by atoms with Gasteiger partial charge in [-0.3, -0.25) is 0 Å². The fourth-order valence-corrected chi connectivity index (χ4v) is 2.70. The van der Waals surface area contributed by atoms with Gasteiger partial charge in [0.15, 0.2) is 0 Å². The Kier molecular flexibility index (Phi) is 6.42. The molecule has 0 aromatic heterocycles. The lowest BCUT2D eigenvalue weighted by Gasteiger charge is -2.29. The van der Waals surface area contributed by atoms with Crippen LogP contribution in [0.4, 0.5) is 4.79 Å². The van der Waals surface area contributed by atoms with Gasteiger partial charge in [-0.15, -0.1) is 0 Å². The van der Waals surface area contributed by atoms with Gasteiger partial charge < -0.3 is 20.3 Å². The number of benzene rings is 1. The number of carbonyl (C=O) groups is 1. The Bertz CT molecular complexity index is 479. The van der Waals surface area contributed by atoms with Crippen molar-refractivity contribution in [2.24, 2.45) is 0 Å². The second-order valence-corrected chi connectivity index (χ2v) is 6.99. The lowest BCUT2D eigenvalue weighted by molar-refractivity contribution is 0.0497. The summed E-state index contributed by atoms with van der Waals surface area (Å²) < 4.78 is 5.41. The summed E-state index contributed by atoms with van der Waals surface area (Å²) in [6, 6.07) is 10.1. The predicted octanol–water partition coefficient (Wildman–Crippen LogP) is 2.55. The molecule has 1 fully saturated rings. The summed E-state index contributed by atoms with van der Waals surface area (Å²) in [5.74, 6) is 0. The molecule has 0 bridgehead atoms. The van der Waals surface area contributed by atoms with Crippen LogP contribution < -0.4 is 10.6 Å². The third-order valence-corrected chi connectivity index (χ3v) is 3.84. The minimum Gasteiger partial charge on any atom is -0.444 e. The number of rotatable bonds is 5. The van der Waals surface area contributed by atoms with Gasteiger partial charge in [-0.2, -0.15) is 0 Å². The highest BCUT2D eigenvalue weighted by molar-refractivity contribution is 5.68. The average molecular weight is 319 g/mol. The standard InChI is InChI=1S/C18H29N3O2/c1-18(2,3)23-17(22)20-16(15-7-5-4-6-8-15)9-12-21-13-10-19-11-14-21/h4-8,16,19H,9-14H2,1-3H3,(H,20,22). The summed E-state index contributed by atoms with van der Waals surface area (Å²) in [5, 5.41) is 6.39. The van der Waals surface area contributed by atoms with Crippen molar-refractivity contribution in [2.45, 2.75) is 38.8 Å². The van der Waals surface area contributed by atoms with E-state index < -0.39 is 5.60 Å². The fourth-order valence-electron chi connectivity index (χ4n) is 2.70. The summed E-state index contributed by atoms with van der Waals surface area (Å²) >= 11 is 0. The molecule has 128 valence electrons. The molecule has 2 N–H and O–H groups in total. The van der Waals surface area contributed by atoms with Gasteiger partial charge in [0.2, 0.25) is 0 Å². The van der Waals surface area contributed by atoms with Crippen LogP contribution in [0.3, 0.4) is 0 Å². The van der Waals surface area contributed by atoms with Crippen molar-refractivity contribution in [1.82, 2.24) is 15.5 Å². The first kappa shape index (κ1) is 17.8. The van der Waals surface area contributed by atoms with Gasteiger partial charge in [-0.05, 0) is 32.8 Å². The Balaban J connectivity index is 1.96. The minimum atomic E-state index is -0.482. The van der Waals surface area contributed by atoms with E-state index >= 15 is 0 Å². The van der Waals surface area contributed by atoms with Crippen LogP contribution >= 0.6 is 0 Å². The molecule has 1 unspecified atom stereocenters. The molecule has 2 rings (SSSR count). The van der Waals surface area contributed by atoms with Crippen molar-refractivity contribution in [3.05, 3.63) is 35.9 Å². The van der Waals surface area contributed by atoms with Crippen LogP contribution in [0.15, 0.2) is 30.3 Å². The summed E-state index contributed by atoms with van der Waals surface area (Å²) in [4.78, 5) is 14.6. The number of carbonyl (C=O) groups excluding carboxylic acids is 1. The van der Waals surface area contributed by atoms with Crippen LogP contribution in [0.25, 0.3) is 0 Å². The summed E-state index contributed by atoms with van der Waals surface area (Å²) in [7, 11) is 0. The third kappa shape index (κ3) is 6.59. The number of nitrogens with one attached hydrogen (secondary N) is 2. The Hall–Kier alpha value is -1.59. The molecule has 1 atom stereocenters. The molecule has 1 aliphatic heterocycles. The maximum absolute atomic E-state index is 12.1. The Labute approximate surface area is 139 Å². The summed E-state index contributed by atoms with van der Waals surface area (Å²) in [6.45, 7) is 10.8. The smallest absolute Gasteiger partial charge is 0.408 e. The van der Waals surface area contributed by atoms with Crippen LogP contribution in [0.1, 0.15) is 38.8 Å². The highest BCUT2D eigenvalue weighted by atomic mass is 16.6. The molecule has 0 spiro atoms. The SMILES string of the molecule is CC(C)(C)OC(=O)NC(CCN1CCNCC1)c1ccccc1. The first-order valence-electron chi connectivity index (χ1n) is 8.41. The molecule has 5 nitrogen and oxygen atoms in total. The van der Waals surface area contributed by atoms with Crippen LogP contribution in [0.5, 0.6) is 0 Å². The molecule has 1 heterocycles. The van der Waals surface area contributed by atoms with Crippen molar-refractivity contribution < 1.29 is 9.53 Å². The number of piperazine rings is 1. The second kappa shape index (κ2) is 8.31. The van der Waals surface area contributed by atoms with Crippen molar-refractivity contribution >= 4 is 6.09 Å². The minimum absolute atomic E-state index is 0.0269. The maximum Gasteiger partial charge on any atom is 0.408 e. The Morgan fingerprint density at radius 2 is 1.91 bits per heavy atom. The van der Waals surface area contributed by atoms with Gasteiger partial charge in [-0.1, -0.05) is 30.3 Å². The first-order valence-corrected chi connectivity index (χ1v) is 8.41. The maximum atomic E-state index is 12.1. The first-order chi connectivity index (χ1) is 10.9. The van der Waals surface area contributed by atoms with Gasteiger partial charge in [0.25, 0.3) is 0 Å². The number of amides is 1. The molecule has 0 radical (unpaired) electrons. The van der Waals surface area contributed by atoms with Crippen LogP contribution in [-0.2, 0) is 4.74 Å². The normalized spacial score (nSPS) is 17.5. The Morgan fingerprint density at radius 1 is 1.26 bits per heavy atom.